The van der Waals surface area contributed by atoms with Crippen LogP contribution in [-0.4, -0.2) is 56.3 Å². The molecule has 0 saturated carbocycles. The van der Waals surface area contributed by atoms with Crippen molar-refractivity contribution in [2.75, 3.05) is 13.6 Å². The number of amides is 2. The summed E-state index contributed by atoms with van der Waals surface area (Å²) in [5, 5.41) is 15.0. The molecule has 2 aromatic heterocycles. The molecule has 2 heterocycles. The molecule has 0 fully saturated rings. The number of nitrogens with zero attached hydrogens (tertiary/aromatic N) is 4. The zero-order valence-electron chi connectivity index (χ0n) is 18.5. The van der Waals surface area contributed by atoms with Crippen molar-refractivity contribution in [3.8, 4) is 17.7 Å². The van der Waals surface area contributed by atoms with Crippen molar-refractivity contribution >= 4 is 12.3 Å². The molecule has 31 heavy (non-hydrogen) atoms. The number of hydrogen-bond donors (Lipinski definition) is 2. The predicted molar refractivity (Wildman–Crippen MR) is 116 cm³/mol. The third kappa shape index (κ3) is 5.30. The fourth-order valence-corrected chi connectivity index (χ4v) is 3.65. The second-order valence-electron chi connectivity index (χ2n) is 9.15. The Balaban J connectivity index is 1.93. The second kappa shape index (κ2) is 8.52. The van der Waals surface area contributed by atoms with Crippen LogP contribution in [0.4, 0.5) is 0 Å². The molecule has 0 radical (unpaired) electrons. The Hall–Kier alpha value is -3.18. The van der Waals surface area contributed by atoms with Gasteiger partial charge in [0.1, 0.15) is 5.60 Å². The molecule has 3 rings (SSSR count). The van der Waals surface area contributed by atoms with Gasteiger partial charge >= 0.3 is 0 Å². The zero-order valence-corrected chi connectivity index (χ0v) is 18.5. The van der Waals surface area contributed by atoms with E-state index >= 15 is 0 Å². The van der Waals surface area contributed by atoms with Crippen LogP contribution in [0.15, 0.2) is 18.3 Å². The first kappa shape index (κ1) is 22.5. The Bertz CT molecular complexity index is 1060. The molecule has 3 N–H and O–H groups in total. The van der Waals surface area contributed by atoms with Gasteiger partial charge in [-0.3, -0.25) is 9.59 Å². The van der Waals surface area contributed by atoms with E-state index in [9.17, 15) is 14.7 Å². The molecule has 1 aliphatic rings. The zero-order chi connectivity index (χ0) is 22.8. The molecule has 2 amide bonds. The molecule has 2 aromatic rings. The highest BCUT2D eigenvalue weighted by Crippen LogP contribution is 2.36. The van der Waals surface area contributed by atoms with Crippen molar-refractivity contribution < 1.29 is 14.7 Å². The number of aliphatic hydroxyl groups is 1. The summed E-state index contributed by atoms with van der Waals surface area (Å²) < 4.78 is 1.69. The van der Waals surface area contributed by atoms with Gasteiger partial charge in [0, 0.05) is 37.3 Å². The lowest BCUT2D eigenvalue weighted by molar-refractivity contribution is -0.117. The minimum atomic E-state index is -1.24. The summed E-state index contributed by atoms with van der Waals surface area (Å²) in [6, 6.07) is 3.53. The van der Waals surface area contributed by atoms with Gasteiger partial charge in [-0.25, -0.2) is 9.67 Å². The van der Waals surface area contributed by atoms with Crippen molar-refractivity contribution in [2.24, 2.45) is 11.1 Å². The van der Waals surface area contributed by atoms with Crippen LogP contribution in [0, 0.1) is 17.3 Å². The fraction of sp³-hybridized carbons (Fsp3) is 0.478. The summed E-state index contributed by atoms with van der Waals surface area (Å²) in [4.78, 5) is 28.5. The van der Waals surface area contributed by atoms with Crippen molar-refractivity contribution in [3.63, 3.8) is 0 Å². The lowest BCUT2D eigenvalue weighted by Gasteiger charge is -2.30. The maximum Gasteiger partial charge on any atom is 0.269 e. The average Bonchev–Trinajstić information content (AvgIpc) is 3.08. The van der Waals surface area contributed by atoms with Crippen LogP contribution in [0.5, 0.6) is 0 Å². The molecule has 8 nitrogen and oxygen atoms in total. The van der Waals surface area contributed by atoms with Gasteiger partial charge in [0.05, 0.1) is 5.69 Å². The summed E-state index contributed by atoms with van der Waals surface area (Å²) >= 11 is 0. The van der Waals surface area contributed by atoms with Gasteiger partial charge < -0.3 is 15.7 Å². The summed E-state index contributed by atoms with van der Waals surface area (Å²) in [5.41, 5.74) is 7.22. The maximum absolute atomic E-state index is 11.9. The molecule has 0 unspecified atom stereocenters. The summed E-state index contributed by atoms with van der Waals surface area (Å²) in [5.74, 6) is 5.86. The normalized spacial score (nSPS) is 16.4. The topological polar surface area (TPSA) is 114 Å². The highest BCUT2D eigenvalue weighted by molar-refractivity contribution is 5.92. The van der Waals surface area contributed by atoms with Crippen LogP contribution in [-0.2, 0) is 17.6 Å². The molecule has 0 saturated heterocycles. The first-order valence-corrected chi connectivity index (χ1v) is 10.3. The molecular formula is C23H29N5O3. The van der Waals surface area contributed by atoms with E-state index < -0.39 is 11.5 Å². The quantitative estimate of drug-likeness (QED) is 0.539. The van der Waals surface area contributed by atoms with Gasteiger partial charge in [0.25, 0.3) is 5.91 Å². The van der Waals surface area contributed by atoms with Crippen molar-refractivity contribution in [2.45, 2.75) is 52.1 Å². The van der Waals surface area contributed by atoms with Gasteiger partial charge in [0.15, 0.2) is 11.5 Å². The largest absolute Gasteiger partial charge is 0.378 e. The Morgan fingerprint density at radius 3 is 2.90 bits per heavy atom. The molecule has 8 heteroatoms. The van der Waals surface area contributed by atoms with E-state index in [0.717, 1.165) is 30.5 Å². The van der Waals surface area contributed by atoms with Crippen LogP contribution in [0.1, 0.15) is 60.9 Å². The van der Waals surface area contributed by atoms with E-state index in [1.54, 1.807) is 37.0 Å². The molecule has 0 bridgehead atoms. The monoisotopic (exact) mass is 423 g/mol. The third-order valence-electron chi connectivity index (χ3n) is 5.59. The highest BCUT2D eigenvalue weighted by atomic mass is 16.3. The summed E-state index contributed by atoms with van der Waals surface area (Å²) in [7, 11) is 1.65. The van der Waals surface area contributed by atoms with E-state index in [2.05, 4.69) is 35.8 Å². The van der Waals surface area contributed by atoms with Crippen molar-refractivity contribution in [1.82, 2.24) is 19.7 Å². The highest BCUT2D eigenvalue weighted by Gasteiger charge is 2.33. The SMILES string of the molecule is CN(C=O)CC[C@@](C)(O)C#Cc1ccnc(-n2nc(C(N)=O)c3c2CC(C)(C)CC3)c1. The first-order chi connectivity index (χ1) is 14.5. The predicted octanol–water partition coefficient (Wildman–Crippen LogP) is 1.46. The number of carbonyl (C=O) groups is 2. The van der Waals surface area contributed by atoms with E-state index in [-0.39, 0.29) is 5.41 Å². The lowest BCUT2D eigenvalue weighted by atomic mass is 9.76. The number of rotatable bonds is 6. The molecule has 0 spiro atoms. The van der Waals surface area contributed by atoms with E-state index in [4.69, 9.17) is 5.73 Å². The number of nitrogens with two attached hydrogens (primary N) is 1. The van der Waals surface area contributed by atoms with E-state index in [1.165, 1.54) is 4.90 Å². The van der Waals surface area contributed by atoms with Crippen LogP contribution < -0.4 is 5.73 Å². The van der Waals surface area contributed by atoms with Crippen LogP contribution in [0.3, 0.4) is 0 Å². The van der Waals surface area contributed by atoms with Crippen LogP contribution in [0.2, 0.25) is 0 Å². The number of primary amides is 1. The Morgan fingerprint density at radius 1 is 1.48 bits per heavy atom. The van der Waals surface area contributed by atoms with Gasteiger partial charge in [-0.1, -0.05) is 25.7 Å². The van der Waals surface area contributed by atoms with Crippen LogP contribution >= 0.6 is 0 Å². The molecule has 1 aliphatic carbocycles. The number of pyridine rings is 1. The maximum atomic E-state index is 11.9. The van der Waals surface area contributed by atoms with Crippen molar-refractivity contribution in [1.29, 1.82) is 0 Å². The number of aromatic nitrogens is 3. The summed E-state index contributed by atoms with van der Waals surface area (Å²) in [6.07, 6.45) is 5.14. The Kier molecular flexibility index (Phi) is 6.18. The Labute approximate surface area is 182 Å². The number of hydrogen-bond acceptors (Lipinski definition) is 5. The smallest absolute Gasteiger partial charge is 0.269 e. The van der Waals surface area contributed by atoms with Gasteiger partial charge in [-0.15, -0.1) is 0 Å². The molecule has 164 valence electrons. The van der Waals surface area contributed by atoms with E-state index in [1.807, 2.05) is 0 Å². The standard InChI is InChI=1S/C23H29N5O3/c1-22(2)8-6-17-18(14-22)28(26-20(17)21(24)30)19-13-16(7-11-25-19)5-9-23(3,31)10-12-27(4)15-29/h7,11,13,15,31H,6,8,10,12,14H2,1-4H3,(H2,24,30)/t23-/m0/s1. The fourth-order valence-electron chi connectivity index (χ4n) is 3.65. The van der Waals surface area contributed by atoms with Gasteiger partial charge in [-0.2, -0.15) is 5.10 Å². The first-order valence-electron chi connectivity index (χ1n) is 10.3. The third-order valence-corrected chi connectivity index (χ3v) is 5.59. The number of carbonyl (C=O) groups excluding carboxylic acids is 2. The average molecular weight is 424 g/mol. The van der Waals surface area contributed by atoms with Gasteiger partial charge in [0.2, 0.25) is 6.41 Å². The Morgan fingerprint density at radius 2 is 2.23 bits per heavy atom. The number of fused-ring (bicyclic) bond motifs is 1. The summed E-state index contributed by atoms with van der Waals surface area (Å²) in [6.45, 7) is 6.40. The lowest BCUT2D eigenvalue weighted by Crippen LogP contribution is -2.29. The van der Waals surface area contributed by atoms with Crippen molar-refractivity contribution in [3.05, 3.63) is 40.8 Å². The minimum Gasteiger partial charge on any atom is -0.378 e. The molecule has 0 aromatic carbocycles. The van der Waals surface area contributed by atoms with E-state index in [0.29, 0.717) is 36.5 Å². The second-order valence-corrected chi connectivity index (χ2v) is 9.15. The van der Waals surface area contributed by atoms with Crippen LogP contribution in [0.25, 0.3) is 5.82 Å². The molecule has 1 atom stereocenters. The minimum absolute atomic E-state index is 0.0878. The molecule has 0 aliphatic heterocycles. The van der Waals surface area contributed by atoms with Gasteiger partial charge in [-0.05, 0) is 43.7 Å². The molecular weight excluding hydrogens is 394 g/mol.